The van der Waals surface area contributed by atoms with Crippen molar-refractivity contribution in [2.75, 3.05) is 26.9 Å². The van der Waals surface area contributed by atoms with Gasteiger partial charge in [-0.3, -0.25) is 0 Å². The molecule has 0 bridgehead atoms. The molecule has 0 heterocycles. The molecule has 5 heteroatoms. The van der Waals surface area contributed by atoms with Gasteiger partial charge >= 0.3 is 8.56 Å². The summed E-state index contributed by atoms with van der Waals surface area (Å²) in [5, 5.41) is 8.67. The molecule has 0 saturated carbocycles. The Hall–Kier alpha value is 0.0569. The van der Waals surface area contributed by atoms with Crippen molar-refractivity contribution in [3.8, 4) is 0 Å². The van der Waals surface area contributed by atoms with E-state index in [4.69, 9.17) is 19.7 Å². The first-order chi connectivity index (χ1) is 8.68. The summed E-state index contributed by atoms with van der Waals surface area (Å²) in [6.07, 6.45) is 7.87. The average molecular weight is 277 g/mol. The van der Waals surface area contributed by atoms with E-state index in [1.54, 1.807) is 7.11 Å². The van der Waals surface area contributed by atoms with Gasteiger partial charge in [-0.1, -0.05) is 32.1 Å². The van der Waals surface area contributed by atoms with Crippen LogP contribution in [0.4, 0.5) is 0 Å². The lowest BCUT2D eigenvalue weighted by molar-refractivity contribution is 0.202. The predicted molar refractivity (Wildman–Crippen MR) is 77.8 cm³/mol. The lowest BCUT2D eigenvalue weighted by Gasteiger charge is -2.25. The summed E-state index contributed by atoms with van der Waals surface area (Å²) in [4.78, 5) is 0. The van der Waals surface area contributed by atoms with E-state index in [0.29, 0.717) is 13.2 Å². The molecule has 0 amide bonds. The van der Waals surface area contributed by atoms with Crippen LogP contribution in [0.3, 0.4) is 0 Å². The first-order valence-corrected chi connectivity index (χ1v) is 9.71. The summed E-state index contributed by atoms with van der Waals surface area (Å²) in [7, 11) is -0.172. The monoisotopic (exact) mass is 277 g/mol. The fourth-order valence-electron chi connectivity index (χ4n) is 1.87. The summed E-state index contributed by atoms with van der Waals surface area (Å²) in [6, 6.07) is 1.06. The van der Waals surface area contributed by atoms with Gasteiger partial charge in [0.2, 0.25) is 0 Å². The Morgan fingerprint density at radius 3 is 2.17 bits per heavy atom. The van der Waals surface area contributed by atoms with Crippen molar-refractivity contribution < 1.29 is 14.0 Å². The van der Waals surface area contributed by atoms with E-state index in [1.165, 1.54) is 25.7 Å². The maximum atomic E-state index is 8.67. The van der Waals surface area contributed by atoms with E-state index in [9.17, 15) is 0 Å². The van der Waals surface area contributed by atoms with E-state index < -0.39 is 8.56 Å². The van der Waals surface area contributed by atoms with Gasteiger partial charge < -0.3 is 19.7 Å². The molecule has 3 N–H and O–H groups in total. The van der Waals surface area contributed by atoms with Crippen LogP contribution in [0.1, 0.15) is 44.9 Å². The molecule has 0 radical (unpaired) electrons. The fraction of sp³-hybridized carbons (Fsp3) is 1.00. The van der Waals surface area contributed by atoms with E-state index in [2.05, 4.69) is 6.55 Å². The SMILES string of the molecule is CO[Si](C)(CCCCCCCCO)OCCCN. The zero-order chi connectivity index (χ0) is 13.7. The molecule has 0 aromatic heterocycles. The Bertz CT molecular complexity index is 184. The summed E-state index contributed by atoms with van der Waals surface area (Å²) < 4.78 is 11.4. The minimum Gasteiger partial charge on any atom is -0.398 e. The lowest BCUT2D eigenvalue weighted by atomic mass is 10.1. The smallest absolute Gasteiger partial charge is 0.334 e. The van der Waals surface area contributed by atoms with Gasteiger partial charge in [-0.2, -0.15) is 0 Å². The molecule has 0 aromatic rings. The molecular formula is C13H31NO3Si. The van der Waals surface area contributed by atoms with Crippen LogP contribution in [-0.2, 0) is 8.85 Å². The zero-order valence-electron chi connectivity index (χ0n) is 12.1. The van der Waals surface area contributed by atoms with Crippen molar-refractivity contribution in [2.45, 2.75) is 57.5 Å². The van der Waals surface area contributed by atoms with Crippen molar-refractivity contribution in [3.63, 3.8) is 0 Å². The minimum atomic E-state index is -1.93. The molecular weight excluding hydrogens is 246 g/mol. The number of unbranched alkanes of at least 4 members (excludes halogenated alkanes) is 5. The number of nitrogens with two attached hydrogens (primary N) is 1. The molecule has 110 valence electrons. The van der Waals surface area contributed by atoms with Crippen LogP contribution in [0.25, 0.3) is 0 Å². The van der Waals surface area contributed by atoms with Crippen LogP contribution in [0.5, 0.6) is 0 Å². The number of rotatable bonds is 13. The minimum absolute atomic E-state index is 0.323. The number of aliphatic hydroxyl groups is 1. The van der Waals surface area contributed by atoms with Crippen LogP contribution in [0.15, 0.2) is 0 Å². The van der Waals surface area contributed by atoms with Gasteiger partial charge in [0, 0.05) is 20.3 Å². The molecule has 0 fully saturated rings. The lowest BCUT2D eigenvalue weighted by Crippen LogP contribution is -2.37. The first kappa shape index (κ1) is 18.1. The Morgan fingerprint density at radius 1 is 1.00 bits per heavy atom. The van der Waals surface area contributed by atoms with Gasteiger partial charge in [-0.15, -0.1) is 0 Å². The molecule has 0 saturated heterocycles. The van der Waals surface area contributed by atoms with Gasteiger partial charge in [0.05, 0.1) is 0 Å². The van der Waals surface area contributed by atoms with E-state index in [1.807, 2.05) is 0 Å². The van der Waals surface area contributed by atoms with Gasteiger partial charge in [-0.05, 0) is 32.0 Å². The molecule has 1 unspecified atom stereocenters. The summed E-state index contributed by atoms with van der Waals surface area (Å²) in [5.74, 6) is 0. The Labute approximate surface area is 113 Å². The first-order valence-electron chi connectivity index (χ1n) is 7.18. The summed E-state index contributed by atoms with van der Waals surface area (Å²) in [5.41, 5.74) is 5.46. The molecule has 1 atom stereocenters. The zero-order valence-corrected chi connectivity index (χ0v) is 13.1. The number of hydrogen-bond acceptors (Lipinski definition) is 4. The van der Waals surface area contributed by atoms with Crippen molar-refractivity contribution in [3.05, 3.63) is 0 Å². The number of aliphatic hydroxyl groups excluding tert-OH is 1. The quantitative estimate of drug-likeness (QED) is 0.401. The maximum absolute atomic E-state index is 8.67. The van der Waals surface area contributed by atoms with Crippen LogP contribution in [0, 0.1) is 0 Å². The average Bonchev–Trinajstić information content (AvgIpc) is 2.38. The molecule has 0 spiro atoms. The highest BCUT2D eigenvalue weighted by Crippen LogP contribution is 2.18. The number of hydrogen-bond donors (Lipinski definition) is 2. The van der Waals surface area contributed by atoms with Gasteiger partial charge in [-0.25, -0.2) is 0 Å². The Balaban J connectivity index is 3.53. The second-order valence-corrected chi connectivity index (χ2v) is 8.39. The molecule has 18 heavy (non-hydrogen) atoms. The summed E-state index contributed by atoms with van der Waals surface area (Å²) >= 11 is 0. The van der Waals surface area contributed by atoms with Crippen LogP contribution < -0.4 is 5.73 Å². The standard InChI is InChI=1S/C13H31NO3Si/c1-16-18(2,17-12-9-10-14)13-8-6-4-3-5-7-11-15/h15H,3-14H2,1-2H3. The third-order valence-electron chi connectivity index (χ3n) is 3.23. The molecule has 0 aliphatic heterocycles. The van der Waals surface area contributed by atoms with Crippen molar-refractivity contribution in [1.82, 2.24) is 0 Å². The van der Waals surface area contributed by atoms with Crippen LogP contribution in [-0.4, -0.2) is 40.5 Å². The van der Waals surface area contributed by atoms with Crippen molar-refractivity contribution >= 4 is 8.56 Å². The molecule has 0 aliphatic carbocycles. The highest BCUT2D eigenvalue weighted by molar-refractivity contribution is 6.65. The highest BCUT2D eigenvalue weighted by atomic mass is 28.4. The van der Waals surface area contributed by atoms with E-state index >= 15 is 0 Å². The Morgan fingerprint density at radius 2 is 1.61 bits per heavy atom. The molecule has 0 rings (SSSR count). The van der Waals surface area contributed by atoms with Crippen molar-refractivity contribution in [2.24, 2.45) is 5.73 Å². The van der Waals surface area contributed by atoms with Crippen LogP contribution >= 0.6 is 0 Å². The largest absolute Gasteiger partial charge is 0.398 e. The fourth-order valence-corrected chi connectivity index (χ4v) is 3.80. The third kappa shape index (κ3) is 10.0. The molecule has 0 aromatic carbocycles. The summed E-state index contributed by atoms with van der Waals surface area (Å²) in [6.45, 7) is 3.86. The van der Waals surface area contributed by atoms with Gasteiger partial charge in [0.1, 0.15) is 0 Å². The second kappa shape index (κ2) is 12.1. The second-order valence-electron chi connectivity index (χ2n) is 4.92. The molecule has 4 nitrogen and oxygen atoms in total. The van der Waals surface area contributed by atoms with Crippen LogP contribution in [0.2, 0.25) is 12.6 Å². The van der Waals surface area contributed by atoms with E-state index in [0.717, 1.165) is 31.9 Å². The predicted octanol–water partition coefficient (Wildman–Crippen LogP) is 2.40. The van der Waals surface area contributed by atoms with Crippen molar-refractivity contribution in [1.29, 1.82) is 0 Å². The normalized spacial score (nSPS) is 14.7. The van der Waals surface area contributed by atoms with Gasteiger partial charge in [0.15, 0.2) is 0 Å². The topological polar surface area (TPSA) is 64.7 Å². The third-order valence-corrected chi connectivity index (χ3v) is 6.17. The highest BCUT2D eigenvalue weighted by Gasteiger charge is 2.28. The Kier molecular flexibility index (Phi) is 12.1. The van der Waals surface area contributed by atoms with E-state index in [-0.39, 0.29) is 0 Å². The van der Waals surface area contributed by atoms with Gasteiger partial charge in [0.25, 0.3) is 0 Å². The maximum Gasteiger partial charge on any atom is 0.334 e. The molecule has 0 aliphatic rings.